The van der Waals surface area contributed by atoms with E-state index in [-0.39, 0.29) is 5.76 Å². The zero-order valence-electron chi connectivity index (χ0n) is 7.57. The molecule has 0 saturated carbocycles. The van der Waals surface area contributed by atoms with Gasteiger partial charge < -0.3 is 4.42 Å². The fraction of sp³-hybridized carbons (Fsp3) is 0.100. The normalized spacial score (nSPS) is 10.6. The Morgan fingerprint density at radius 3 is 2.73 bits per heavy atom. The van der Waals surface area contributed by atoms with Gasteiger partial charge in [-0.1, -0.05) is 23.2 Å². The van der Waals surface area contributed by atoms with Crippen molar-refractivity contribution in [2.24, 2.45) is 0 Å². The zero-order valence-corrected chi connectivity index (χ0v) is 10.7. The van der Waals surface area contributed by atoms with E-state index in [0.29, 0.717) is 31.1 Å². The summed E-state index contributed by atoms with van der Waals surface area (Å²) in [7, 11) is 0. The maximum atomic E-state index is 8.83. The van der Waals surface area contributed by atoms with Crippen LogP contribution in [0.25, 0.3) is 11.0 Å². The number of nitriles is 1. The third-order valence-corrected chi connectivity index (χ3v) is 3.67. The molecule has 2 nitrogen and oxygen atoms in total. The van der Waals surface area contributed by atoms with Crippen LogP contribution in [0.1, 0.15) is 11.3 Å². The lowest BCUT2D eigenvalue weighted by atomic mass is 10.1. The van der Waals surface area contributed by atoms with E-state index in [1.54, 1.807) is 13.0 Å². The van der Waals surface area contributed by atoms with Gasteiger partial charge in [0.25, 0.3) is 0 Å². The van der Waals surface area contributed by atoms with Gasteiger partial charge in [-0.15, -0.1) is 0 Å². The van der Waals surface area contributed by atoms with E-state index < -0.39 is 0 Å². The fourth-order valence-electron chi connectivity index (χ4n) is 1.41. The topological polar surface area (TPSA) is 36.9 Å². The monoisotopic (exact) mass is 303 g/mol. The zero-order chi connectivity index (χ0) is 11.2. The van der Waals surface area contributed by atoms with Gasteiger partial charge in [0.2, 0.25) is 5.76 Å². The first-order valence-corrected chi connectivity index (χ1v) is 5.58. The van der Waals surface area contributed by atoms with E-state index in [4.69, 9.17) is 32.9 Å². The standard InChI is InChI=1S/C10H4BrCl2NO/c1-4-7(3-14)15-10-6(12)2-5(11)9(13)8(4)10/h2H,1H3. The van der Waals surface area contributed by atoms with E-state index in [0.717, 1.165) is 0 Å². The Morgan fingerprint density at radius 1 is 1.47 bits per heavy atom. The van der Waals surface area contributed by atoms with Crippen molar-refractivity contribution in [3.63, 3.8) is 0 Å². The van der Waals surface area contributed by atoms with Gasteiger partial charge in [-0.25, -0.2) is 0 Å². The van der Waals surface area contributed by atoms with Crippen LogP contribution < -0.4 is 0 Å². The van der Waals surface area contributed by atoms with Crippen molar-refractivity contribution in [1.29, 1.82) is 5.26 Å². The molecule has 0 atom stereocenters. The minimum atomic E-state index is 0.243. The summed E-state index contributed by atoms with van der Waals surface area (Å²) in [5.41, 5.74) is 1.17. The Balaban J connectivity index is 3.02. The van der Waals surface area contributed by atoms with Gasteiger partial charge in [0.05, 0.1) is 10.0 Å². The highest BCUT2D eigenvalue weighted by atomic mass is 79.9. The molecule has 0 aliphatic heterocycles. The molecule has 0 fully saturated rings. The van der Waals surface area contributed by atoms with Crippen molar-refractivity contribution in [3.8, 4) is 6.07 Å². The maximum Gasteiger partial charge on any atom is 0.207 e. The van der Waals surface area contributed by atoms with E-state index in [1.807, 2.05) is 6.07 Å². The van der Waals surface area contributed by atoms with Crippen LogP contribution in [0.4, 0.5) is 0 Å². The van der Waals surface area contributed by atoms with Gasteiger partial charge >= 0.3 is 0 Å². The number of fused-ring (bicyclic) bond motifs is 1. The van der Waals surface area contributed by atoms with Gasteiger partial charge in [0.1, 0.15) is 6.07 Å². The second kappa shape index (κ2) is 3.71. The predicted octanol–water partition coefficient (Wildman–Crippen LogP) is 4.68. The molecule has 0 N–H and O–H groups in total. The lowest BCUT2D eigenvalue weighted by Crippen LogP contribution is -1.77. The summed E-state index contributed by atoms with van der Waals surface area (Å²) in [5, 5.41) is 10.5. The molecule has 1 heterocycles. The van der Waals surface area contributed by atoms with Crippen LogP contribution in [0, 0.1) is 18.3 Å². The van der Waals surface area contributed by atoms with Crippen molar-refractivity contribution in [2.75, 3.05) is 0 Å². The molecule has 5 heteroatoms. The Bertz CT molecular complexity index is 598. The van der Waals surface area contributed by atoms with Crippen LogP contribution in [-0.4, -0.2) is 0 Å². The van der Waals surface area contributed by atoms with E-state index in [2.05, 4.69) is 15.9 Å². The number of furan rings is 1. The molecule has 2 aromatic rings. The van der Waals surface area contributed by atoms with Crippen LogP contribution in [0.3, 0.4) is 0 Å². The second-order valence-corrected chi connectivity index (χ2v) is 4.67. The molecule has 0 spiro atoms. The highest BCUT2D eigenvalue weighted by molar-refractivity contribution is 9.10. The van der Waals surface area contributed by atoms with Gasteiger partial charge in [-0.05, 0) is 28.9 Å². The fourth-order valence-corrected chi connectivity index (χ4v) is 2.50. The third-order valence-electron chi connectivity index (χ3n) is 2.15. The van der Waals surface area contributed by atoms with E-state index in [9.17, 15) is 0 Å². The number of aryl methyl sites for hydroxylation is 1. The highest BCUT2D eigenvalue weighted by Gasteiger charge is 2.17. The molecule has 0 amide bonds. The number of rotatable bonds is 0. The van der Waals surface area contributed by atoms with Crippen molar-refractivity contribution >= 4 is 50.1 Å². The second-order valence-electron chi connectivity index (χ2n) is 3.03. The van der Waals surface area contributed by atoms with Crippen molar-refractivity contribution in [2.45, 2.75) is 6.92 Å². The van der Waals surface area contributed by atoms with Gasteiger partial charge in [0.15, 0.2) is 5.58 Å². The van der Waals surface area contributed by atoms with Crippen LogP contribution in [0.15, 0.2) is 15.0 Å². The number of benzene rings is 1. The summed E-state index contributed by atoms with van der Waals surface area (Å²) in [4.78, 5) is 0. The maximum absolute atomic E-state index is 8.83. The molecule has 15 heavy (non-hydrogen) atoms. The molecule has 0 bridgehead atoms. The number of nitrogens with zero attached hydrogens (tertiary/aromatic N) is 1. The van der Waals surface area contributed by atoms with Gasteiger partial charge in [-0.2, -0.15) is 5.26 Å². The van der Waals surface area contributed by atoms with E-state index >= 15 is 0 Å². The molecule has 0 radical (unpaired) electrons. The Morgan fingerprint density at radius 2 is 2.13 bits per heavy atom. The highest BCUT2D eigenvalue weighted by Crippen LogP contribution is 2.40. The minimum Gasteiger partial charge on any atom is -0.444 e. The van der Waals surface area contributed by atoms with Crippen LogP contribution >= 0.6 is 39.1 Å². The average molecular weight is 305 g/mol. The van der Waals surface area contributed by atoms with Gasteiger partial charge in [0, 0.05) is 15.4 Å². The Labute approximate surface area is 105 Å². The molecular weight excluding hydrogens is 301 g/mol. The molecule has 0 aliphatic carbocycles. The summed E-state index contributed by atoms with van der Waals surface area (Å²) in [5.74, 6) is 0.243. The predicted molar refractivity (Wildman–Crippen MR) is 63.4 cm³/mol. The summed E-state index contributed by atoms with van der Waals surface area (Å²) >= 11 is 15.4. The van der Waals surface area contributed by atoms with Crippen LogP contribution in [0.2, 0.25) is 10.0 Å². The Hall–Kier alpha value is -0.690. The van der Waals surface area contributed by atoms with Crippen LogP contribution in [-0.2, 0) is 0 Å². The summed E-state index contributed by atoms with van der Waals surface area (Å²) in [6.45, 7) is 1.78. The summed E-state index contributed by atoms with van der Waals surface area (Å²) in [6, 6.07) is 3.61. The first-order chi connectivity index (χ1) is 7.06. The van der Waals surface area contributed by atoms with Crippen molar-refractivity contribution in [1.82, 2.24) is 0 Å². The smallest absolute Gasteiger partial charge is 0.207 e. The average Bonchev–Trinajstić information content (AvgIpc) is 2.53. The lowest BCUT2D eigenvalue weighted by Gasteiger charge is -1.99. The molecule has 2 rings (SSSR count). The summed E-state index contributed by atoms with van der Waals surface area (Å²) in [6.07, 6.45) is 0. The van der Waals surface area contributed by atoms with Crippen molar-refractivity contribution in [3.05, 3.63) is 31.9 Å². The molecule has 0 unspecified atom stereocenters. The molecular formula is C10H4BrCl2NO. The SMILES string of the molecule is Cc1c(C#N)oc2c(Cl)cc(Br)c(Cl)c12. The Kier molecular flexibility index (Phi) is 2.68. The number of halogens is 3. The largest absolute Gasteiger partial charge is 0.444 e. The number of hydrogen-bond acceptors (Lipinski definition) is 2. The lowest BCUT2D eigenvalue weighted by molar-refractivity contribution is 0.596. The molecule has 0 aliphatic rings. The quantitative estimate of drug-likeness (QED) is 0.662. The van der Waals surface area contributed by atoms with E-state index in [1.165, 1.54) is 0 Å². The van der Waals surface area contributed by atoms with Gasteiger partial charge in [-0.3, -0.25) is 0 Å². The van der Waals surface area contributed by atoms with Crippen molar-refractivity contribution < 1.29 is 4.42 Å². The summed E-state index contributed by atoms with van der Waals surface area (Å²) < 4.78 is 6.01. The molecule has 76 valence electrons. The number of hydrogen-bond donors (Lipinski definition) is 0. The molecule has 1 aromatic heterocycles. The third kappa shape index (κ3) is 1.53. The molecule has 1 aromatic carbocycles. The molecule has 0 saturated heterocycles. The minimum absolute atomic E-state index is 0.243. The van der Waals surface area contributed by atoms with Crippen LogP contribution in [0.5, 0.6) is 0 Å². The first kappa shape index (κ1) is 10.8. The first-order valence-electron chi connectivity index (χ1n) is 4.03.